The van der Waals surface area contributed by atoms with Crippen LogP contribution in [0, 0.1) is 6.92 Å². The fourth-order valence-corrected chi connectivity index (χ4v) is 1.79. The third kappa shape index (κ3) is 3.77. The fraction of sp³-hybridized carbons (Fsp3) is 0.462. The molecule has 0 aliphatic rings. The van der Waals surface area contributed by atoms with Crippen molar-refractivity contribution in [2.45, 2.75) is 13.3 Å². The van der Waals surface area contributed by atoms with Crippen molar-refractivity contribution in [3.05, 3.63) is 23.3 Å². The Morgan fingerprint density at radius 1 is 1.22 bits per heavy atom. The summed E-state index contributed by atoms with van der Waals surface area (Å²) in [5, 5.41) is 6.66. The Hall–Kier alpha value is -1.49. The number of rotatable bonds is 5. The minimum Gasteiger partial charge on any atom is -0.493 e. The molecule has 1 aromatic rings. The van der Waals surface area contributed by atoms with Crippen LogP contribution in [-0.2, 0) is 6.42 Å². The molecule has 0 aliphatic carbocycles. The lowest BCUT2D eigenvalue weighted by Gasteiger charge is -2.13. The van der Waals surface area contributed by atoms with Gasteiger partial charge in [0.1, 0.15) is 0 Å². The molecule has 1 rings (SSSR count). The van der Waals surface area contributed by atoms with E-state index in [0.29, 0.717) is 5.11 Å². The Labute approximate surface area is 114 Å². The number of nitrogens with one attached hydrogen (secondary N) is 2. The molecule has 18 heavy (non-hydrogen) atoms. The van der Waals surface area contributed by atoms with Crippen LogP contribution in [0.1, 0.15) is 11.1 Å². The Kier molecular flexibility index (Phi) is 5.71. The average molecular weight is 268 g/mol. The first-order chi connectivity index (χ1) is 8.62. The van der Waals surface area contributed by atoms with E-state index in [0.717, 1.165) is 24.5 Å². The summed E-state index contributed by atoms with van der Waals surface area (Å²) in [6.45, 7) is 2.85. The number of hydrogen-bond acceptors (Lipinski definition) is 3. The first-order valence-corrected chi connectivity index (χ1v) is 6.20. The van der Waals surface area contributed by atoms with Gasteiger partial charge in [0.15, 0.2) is 16.6 Å². The fourth-order valence-electron chi connectivity index (χ4n) is 1.69. The molecule has 0 bridgehead atoms. The second kappa shape index (κ2) is 7.06. The standard InChI is InChI=1S/C13H20N2O2S/c1-9-7-11(16-3)12(17-4)8-10(9)5-6-15-13(18)14-2/h7-8H,5-6H2,1-4H3,(H2,14,15,18). The second-order valence-electron chi connectivity index (χ2n) is 3.89. The van der Waals surface area contributed by atoms with Crippen molar-refractivity contribution < 1.29 is 9.47 Å². The lowest BCUT2D eigenvalue weighted by atomic mass is 10.0. The van der Waals surface area contributed by atoms with E-state index in [1.807, 2.05) is 12.1 Å². The minimum absolute atomic E-state index is 0.660. The number of methoxy groups -OCH3 is 2. The molecule has 0 aromatic heterocycles. The van der Waals surface area contributed by atoms with Crippen LogP contribution in [0.25, 0.3) is 0 Å². The van der Waals surface area contributed by atoms with Crippen LogP contribution in [0.3, 0.4) is 0 Å². The van der Waals surface area contributed by atoms with Crippen molar-refractivity contribution in [2.24, 2.45) is 0 Å². The number of aryl methyl sites for hydroxylation is 1. The lowest BCUT2D eigenvalue weighted by molar-refractivity contribution is 0.354. The molecule has 2 N–H and O–H groups in total. The van der Waals surface area contributed by atoms with Crippen LogP contribution >= 0.6 is 12.2 Å². The van der Waals surface area contributed by atoms with Gasteiger partial charge in [-0.1, -0.05) is 0 Å². The van der Waals surface area contributed by atoms with E-state index in [2.05, 4.69) is 17.6 Å². The van der Waals surface area contributed by atoms with E-state index in [-0.39, 0.29) is 0 Å². The monoisotopic (exact) mass is 268 g/mol. The number of hydrogen-bond donors (Lipinski definition) is 2. The van der Waals surface area contributed by atoms with Gasteiger partial charge in [-0.25, -0.2) is 0 Å². The van der Waals surface area contributed by atoms with Crippen LogP contribution < -0.4 is 20.1 Å². The highest BCUT2D eigenvalue weighted by molar-refractivity contribution is 7.80. The molecule has 0 unspecified atom stereocenters. The Morgan fingerprint density at radius 2 is 1.83 bits per heavy atom. The van der Waals surface area contributed by atoms with Gasteiger partial charge >= 0.3 is 0 Å². The van der Waals surface area contributed by atoms with E-state index in [9.17, 15) is 0 Å². The van der Waals surface area contributed by atoms with Gasteiger partial charge in [-0.2, -0.15) is 0 Å². The molecule has 0 radical (unpaired) electrons. The molecule has 100 valence electrons. The van der Waals surface area contributed by atoms with Gasteiger partial charge in [-0.15, -0.1) is 0 Å². The van der Waals surface area contributed by atoms with Crippen LogP contribution in [0.15, 0.2) is 12.1 Å². The molecule has 0 spiro atoms. The molecule has 1 aromatic carbocycles. The van der Waals surface area contributed by atoms with E-state index in [4.69, 9.17) is 21.7 Å². The van der Waals surface area contributed by atoms with Crippen molar-refractivity contribution in [1.82, 2.24) is 10.6 Å². The van der Waals surface area contributed by atoms with Crippen molar-refractivity contribution in [2.75, 3.05) is 27.8 Å². The maximum atomic E-state index is 5.30. The lowest BCUT2D eigenvalue weighted by Crippen LogP contribution is -2.33. The zero-order valence-corrected chi connectivity index (χ0v) is 12.1. The molecule has 0 saturated carbocycles. The third-order valence-electron chi connectivity index (χ3n) is 2.75. The molecule has 0 heterocycles. The van der Waals surface area contributed by atoms with E-state index >= 15 is 0 Å². The van der Waals surface area contributed by atoms with Crippen molar-refractivity contribution in [1.29, 1.82) is 0 Å². The second-order valence-corrected chi connectivity index (χ2v) is 4.30. The summed E-state index contributed by atoms with van der Waals surface area (Å²) < 4.78 is 10.6. The van der Waals surface area contributed by atoms with Gasteiger partial charge in [-0.05, 0) is 48.8 Å². The van der Waals surface area contributed by atoms with Crippen molar-refractivity contribution >= 4 is 17.3 Å². The molecule has 5 heteroatoms. The average Bonchev–Trinajstić information content (AvgIpc) is 2.39. The van der Waals surface area contributed by atoms with E-state index in [1.54, 1.807) is 21.3 Å². The minimum atomic E-state index is 0.660. The normalized spacial score (nSPS) is 9.78. The maximum Gasteiger partial charge on any atom is 0.166 e. The molecule has 0 aliphatic heterocycles. The Morgan fingerprint density at radius 3 is 2.39 bits per heavy atom. The predicted octanol–water partition coefficient (Wildman–Crippen LogP) is 1.65. The zero-order valence-electron chi connectivity index (χ0n) is 11.3. The van der Waals surface area contributed by atoms with Crippen molar-refractivity contribution in [3.8, 4) is 11.5 Å². The Bertz CT molecular complexity index is 422. The SMILES string of the molecule is CNC(=S)NCCc1cc(OC)c(OC)cc1C. The summed E-state index contributed by atoms with van der Waals surface area (Å²) in [5.41, 5.74) is 2.41. The van der Waals surface area contributed by atoms with Gasteiger partial charge in [0.05, 0.1) is 14.2 Å². The zero-order chi connectivity index (χ0) is 13.5. The van der Waals surface area contributed by atoms with Crippen LogP contribution in [0.5, 0.6) is 11.5 Å². The highest BCUT2D eigenvalue weighted by atomic mass is 32.1. The topological polar surface area (TPSA) is 42.5 Å². The molecule has 0 amide bonds. The summed E-state index contributed by atoms with van der Waals surface area (Å²) in [6, 6.07) is 4.00. The highest BCUT2D eigenvalue weighted by Gasteiger charge is 2.08. The molecule has 0 saturated heterocycles. The molecule has 4 nitrogen and oxygen atoms in total. The van der Waals surface area contributed by atoms with Crippen LogP contribution in [-0.4, -0.2) is 32.9 Å². The van der Waals surface area contributed by atoms with Crippen molar-refractivity contribution in [3.63, 3.8) is 0 Å². The largest absolute Gasteiger partial charge is 0.493 e. The smallest absolute Gasteiger partial charge is 0.166 e. The predicted molar refractivity (Wildman–Crippen MR) is 77.6 cm³/mol. The van der Waals surface area contributed by atoms with Gasteiger partial charge in [0.2, 0.25) is 0 Å². The Balaban J connectivity index is 2.73. The number of thiocarbonyl (C=S) groups is 1. The molecular weight excluding hydrogens is 248 g/mol. The summed E-state index contributed by atoms with van der Waals surface area (Å²) in [4.78, 5) is 0. The molecular formula is C13H20N2O2S. The van der Waals surface area contributed by atoms with Gasteiger partial charge in [0, 0.05) is 13.6 Å². The summed E-state index contributed by atoms with van der Waals surface area (Å²) in [6.07, 6.45) is 0.883. The first kappa shape index (κ1) is 14.6. The van der Waals surface area contributed by atoms with Gasteiger partial charge in [-0.3, -0.25) is 0 Å². The molecule has 0 fully saturated rings. The van der Waals surface area contributed by atoms with E-state index in [1.165, 1.54) is 11.1 Å². The van der Waals surface area contributed by atoms with Crippen LogP contribution in [0.4, 0.5) is 0 Å². The number of benzene rings is 1. The third-order valence-corrected chi connectivity index (χ3v) is 3.10. The summed E-state index contributed by atoms with van der Waals surface area (Å²) in [7, 11) is 5.09. The van der Waals surface area contributed by atoms with E-state index < -0.39 is 0 Å². The first-order valence-electron chi connectivity index (χ1n) is 5.79. The van der Waals surface area contributed by atoms with Crippen LogP contribution in [0.2, 0.25) is 0 Å². The summed E-state index contributed by atoms with van der Waals surface area (Å²) >= 11 is 5.02. The summed E-state index contributed by atoms with van der Waals surface area (Å²) in [5.74, 6) is 1.52. The number of ether oxygens (including phenoxy) is 2. The quantitative estimate of drug-likeness (QED) is 0.795. The van der Waals surface area contributed by atoms with Gasteiger partial charge in [0.25, 0.3) is 0 Å². The maximum absolute atomic E-state index is 5.30. The highest BCUT2D eigenvalue weighted by Crippen LogP contribution is 2.30. The molecule has 0 atom stereocenters. The van der Waals surface area contributed by atoms with Gasteiger partial charge < -0.3 is 20.1 Å².